The highest BCUT2D eigenvalue weighted by Crippen LogP contribution is 2.48. The van der Waals surface area contributed by atoms with Crippen LogP contribution in [0.2, 0.25) is 0 Å². The molecule has 0 radical (unpaired) electrons. The summed E-state index contributed by atoms with van der Waals surface area (Å²) < 4.78 is 5.75. The van der Waals surface area contributed by atoms with Gasteiger partial charge in [0, 0.05) is 5.41 Å². The fourth-order valence-electron chi connectivity index (χ4n) is 3.83. The van der Waals surface area contributed by atoms with E-state index in [0.29, 0.717) is 5.41 Å². The normalized spacial score (nSPS) is 30.6. The Kier molecular flexibility index (Phi) is 3.96. The molecule has 0 aromatic carbocycles. The summed E-state index contributed by atoms with van der Waals surface area (Å²) in [5.41, 5.74) is 3.07. The summed E-state index contributed by atoms with van der Waals surface area (Å²) in [7, 11) is 0. The van der Waals surface area contributed by atoms with E-state index in [2.05, 4.69) is 20.4 Å². The van der Waals surface area contributed by atoms with Crippen LogP contribution in [0.15, 0.2) is 24.0 Å². The molecule has 1 heterocycles. The van der Waals surface area contributed by atoms with Crippen LogP contribution in [0, 0.1) is 11.3 Å². The van der Waals surface area contributed by atoms with Gasteiger partial charge in [-0.25, -0.2) is 0 Å². The van der Waals surface area contributed by atoms with Crippen molar-refractivity contribution in [2.24, 2.45) is 11.3 Å². The third-order valence-electron chi connectivity index (χ3n) is 4.41. The van der Waals surface area contributed by atoms with E-state index in [1.807, 2.05) is 6.26 Å². The van der Waals surface area contributed by atoms with Gasteiger partial charge in [-0.05, 0) is 51.0 Å². The molecular weight excluding hydrogens is 208 g/mol. The van der Waals surface area contributed by atoms with Gasteiger partial charge in [-0.1, -0.05) is 24.8 Å². The van der Waals surface area contributed by atoms with Crippen LogP contribution in [0.3, 0.4) is 0 Å². The van der Waals surface area contributed by atoms with E-state index in [1.54, 1.807) is 0 Å². The summed E-state index contributed by atoms with van der Waals surface area (Å²) in [4.78, 5) is 0. The van der Waals surface area contributed by atoms with Crippen molar-refractivity contribution in [3.05, 3.63) is 24.0 Å². The maximum absolute atomic E-state index is 5.75. The van der Waals surface area contributed by atoms with Crippen LogP contribution in [0.5, 0.6) is 0 Å². The lowest BCUT2D eigenvalue weighted by molar-refractivity contribution is 0.0154. The highest BCUT2D eigenvalue weighted by atomic mass is 16.5. The average molecular weight is 234 g/mol. The number of rotatable bonds is 3. The lowest BCUT2D eigenvalue weighted by Gasteiger charge is -2.44. The standard InChI is InChI=1S/C16H26O/c1-13(2)9-16(10-14(3)11-17-12-16)15-7-5-4-6-8-15/h11,15H,1,4-10,12H2,2-3H3/t16-/m1/s1. The molecule has 0 bridgehead atoms. The van der Waals surface area contributed by atoms with Crippen molar-refractivity contribution < 1.29 is 4.74 Å². The molecule has 1 aliphatic carbocycles. The van der Waals surface area contributed by atoms with E-state index in [4.69, 9.17) is 4.74 Å². The van der Waals surface area contributed by atoms with Crippen molar-refractivity contribution >= 4 is 0 Å². The van der Waals surface area contributed by atoms with Crippen molar-refractivity contribution in [2.45, 2.75) is 58.8 Å². The lowest BCUT2D eigenvalue weighted by atomic mass is 9.63. The summed E-state index contributed by atoms with van der Waals surface area (Å²) in [5.74, 6) is 0.844. The molecule has 0 saturated heterocycles. The van der Waals surface area contributed by atoms with Crippen LogP contribution in [0.25, 0.3) is 0 Å². The maximum Gasteiger partial charge on any atom is 0.0938 e. The number of hydrogen-bond acceptors (Lipinski definition) is 1. The minimum Gasteiger partial charge on any atom is -0.501 e. The largest absolute Gasteiger partial charge is 0.501 e. The smallest absolute Gasteiger partial charge is 0.0938 e. The predicted molar refractivity (Wildman–Crippen MR) is 72.8 cm³/mol. The molecule has 1 atom stereocenters. The predicted octanol–water partition coefficient (Wildman–Crippen LogP) is 4.84. The third kappa shape index (κ3) is 2.94. The highest BCUT2D eigenvalue weighted by molar-refractivity contribution is 5.10. The van der Waals surface area contributed by atoms with Crippen LogP contribution in [-0.2, 0) is 4.74 Å². The summed E-state index contributed by atoms with van der Waals surface area (Å²) in [5, 5.41) is 0. The SMILES string of the molecule is C=C(C)C[C@]1(C2CCCCC2)COC=C(C)C1. The molecule has 17 heavy (non-hydrogen) atoms. The Balaban J connectivity index is 2.16. The molecule has 1 fully saturated rings. The fraction of sp³-hybridized carbons (Fsp3) is 0.750. The number of hydrogen-bond donors (Lipinski definition) is 0. The lowest BCUT2D eigenvalue weighted by Crippen LogP contribution is -2.38. The van der Waals surface area contributed by atoms with Crippen LogP contribution in [0.1, 0.15) is 58.8 Å². The second kappa shape index (κ2) is 5.29. The first-order valence-corrected chi connectivity index (χ1v) is 7.04. The summed E-state index contributed by atoms with van der Waals surface area (Å²) in [6, 6.07) is 0. The van der Waals surface area contributed by atoms with Crippen molar-refractivity contribution in [1.29, 1.82) is 0 Å². The maximum atomic E-state index is 5.75. The average Bonchev–Trinajstić information content (AvgIpc) is 2.29. The Bertz CT molecular complexity index is 309. The molecule has 96 valence electrons. The van der Waals surface area contributed by atoms with E-state index in [-0.39, 0.29) is 0 Å². The molecule has 0 aromatic rings. The van der Waals surface area contributed by atoms with Gasteiger partial charge >= 0.3 is 0 Å². The molecule has 1 saturated carbocycles. The zero-order valence-corrected chi connectivity index (χ0v) is 11.4. The van der Waals surface area contributed by atoms with Crippen molar-refractivity contribution in [2.75, 3.05) is 6.61 Å². The Morgan fingerprint density at radius 2 is 2.12 bits per heavy atom. The minimum absolute atomic E-state index is 0.352. The van der Waals surface area contributed by atoms with Crippen LogP contribution in [0.4, 0.5) is 0 Å². The number of allylic oxidation sites excluding steroid dienone is 2. The Labute approximate surface area is 106 Å². The molecule has 2 aliphatic rings. The second-order valence-corrected chi connectivity index (χ2v) is 6.28. The van der Waals surface area contributed by atoms with E-state index in [1.165, 1.54) is 49.7 Å². The van der Waals surface area contributed by atoms with Gasteiger partial charge in [0.15, 0.2) is 0 Å². The molecule has 0 N–H and O–H groups in total. The number of ether oxygens (including phenoxy) is 1. The third-order valence-corrected chi connectivity index (χ3v) is 4.41. The monoisotopic (exact) mass is 234 g/mol. The van der Waals surface area contributed by atoms with Gasteiger partial charge in [-0.3, -0.25) is 0 Å². The Morgan fingerprint density at radius 1 is 1.41 bits per heavy atom. The van der Waals surface area contributed by atoms with Crippen LogP contribution in [-0.4, -0.2) is 6.61 Å². The Morgan fingerprint density at radius 3 is 2.71 bits per heavy atom. The second-order valence-electron chi connectivity index (χ2n) is 6.28. The van der Waals surface area contributed by atoms with Crippen LogP contribution < -0.4 is 0 Å². The zero-order valence-electron chi connectivity index (χ0n) is 11.4. The van der Waals surface area contributed by atoms with Gasteiger partial charge in [-0.15, -0.1) is 6.58 Å². The molecule has 0 amide bonds. The first kappa shape index (κ1) is 12.7. The van der Waals surface area contributed by atoms with Gasteiger partial charge in [0.1, 0.15) is 0 Å². The fourth-order valence-corrected chi connectivity index (χ4v) is 3.83. The highest BCUT2D eigenvalue weighted by Gasteiger charge is 2.41. The van der Waals surface area contributed by atoms with Gasteiger partial charge in [0.2, 0.25) is 0 Å². The molecule has 1 nitrogen and oxygen atoms in total. The molecule has 1 aliphatic heterocycles. The van der Waals surface area contributed by atoms with Crippen molar-refractivity contribution in [1.82, 2.24) is 0 Å². The molecule has 0 aromatic heterocycles. The first-order chi connectivity index (χ1) is 8.12. The molecule has 2 rings (SSSR count). The summed E-state index contributed by atoms with van der Waals surface area (Å²) in [6.45, 7) is 9.41. The summed E-state index contributed by atoms with van der Waals surface area (Å²) >= 11 is 0. The summed E-state index contributed by atoms with van der Waals surface area (Å²) in [6.07, 6.45) is 11.3. The first-order valence-electron chi connectivity index (χ1n) is 7.04. The zero-order chi connectivity index (χ0) is 12.3. The molecule has 0 unspecified atom stereocenters. The van der Waals surface area contributed by atoms with Gasteiger partial charge in [-0.2, -0.15) is 0 Å². The van der Waals surface area contributed by atoms with E-state index in [0.717, 1.165) is 18.9 Å². The van der Waals surface area contributed by atoms with Crippen LogP contribution >= 0.6 is 0 Å². The molecule has 0 spiro atoms. The van der Waals surface area contributed by atoms with Crippen molar-refractivity contribution in [3.8, 4) is 0 Å². The van der Waals surface area contributed by atoms with E-state index >= 15 is 0 Å². The topological polar surface area (TPSA) is 9.23 Å². The van der Waals surface area contributed by atoms with Gasteiger partial charge in [0.05, 0.1) is 12.9 Å². The Hall–Kier alpha value is -0.720. The van der Waals surface area contributed by atoms with Gasteiger partial charge < -0.3 is 4.74 Å². The quantitative estimate of drug-likeness (QED) is 0.635. The molecule has 1 heteroatoms. The van der Waals surface area contributed by atoms with Gasteiger partial charge in [0.25, 0.3) is 0 Å². The van der Waals surface area contributed by atoms with Crippen molar-refractivity contribution in [3.63, 3.8) is 0 Å². The minimum atomic E-state index is 0.352. The van der Waals surface area contributed by atoms with E-state index in [9.17, 15) is 0 Å². The van der Waals surface area contributed by atoms with E-state index < -0.39 is 0 Å². The molecular formula is C16H26O.